The minimum Gasteiger partial charge on any atom is -0.352 e. The zero-order valence-electron chi connectivity index (χ0n) is 15.0. The van der Waals surface area contributed by atoms with Crippen LogP contribution in [0.3, 0.4) is 0 Å². The molecule has 0 aliphatic carbocycles. The summed E-state index contributed by atoms with van der Waals surface area (Å²) >= 11 is 7.59. The van der Waals surface area contributed by atoms with Crippen molar-refractivity contribution >= 4 is 40.2 Å². The van der Waals surface area contributed by atoms with E-state index in [9.17, 15) is 4.79 Å². The topological polar surface area (TPSA) is 57.8 Å². The summed E-state index contributed by atoms with van der Waals surface area (Å²) in [6, 6.07) is 19.5. The van der Waals surface area contributed by atoms with E-state index >= 15 is 0 Å². The SMILES string of the molecule is O=C(Cc1c(Sc2ccc(Cl)cc2)[nH]c2ccccc12)NCc1cccnc1. The van der Waals surface area contributed by atoms with Gasteiger partial charge < -0.3 is 10.3 Å². The second kappa shape index (κ2) is 8.50. The number of para-hydroxylation sites is 1. The van der Waals surface area contributed by atoms with E-state index in [0.717, 1.165) is 32.0 Å². The normalized spacial score (nSPS) is 10.9. The largest absolute Gasteiger partial charge is 0.352 e. The molecule has 0 saturated carbocycles. The van der Waals surface area contributed by atoms with Crippen molar-refractivity contribution in [1.82, 2.24) is 15.3 Å². The summed E-state index contributed by atoms with van der Waals surface area (Å²) in [5.41, 5.74) is 3.00. The number of hydrogen-bond acceptors (Lipinski definition) is 3. The van der Waals surface area contributed by atoms with Crippen LogP contribution in [0.1, 0.15) is 11.1 Å². The van der Waals surface area contributed by atoms with E-state index < -0.39 is 0 Å². The summed E-state index contributed by atoms with van der Waals surface area (Å²) in [7, 11) is 0. The molecular formula is C22H18ClN3OS. The number of hydrogen-bond donors (Lipinski definition) is 2. The van der Waals surface area contributed by atoms with E-state index in [2.05, 4.69) is 15.3 Å². The predicted molar refractivity (Wildman–Crippen MR) is 114 cm³/mol. The van der Waals surface area contributed by atoms with Gasteiger partial charge in [0.2, 0.25) is 5.91 Å². The highest BCUT2D eigenvalue weighted by atomic mass is 35.5. The number of fused-ring (bicyclic) bond motifs is 1. The fourth-order valence-electron chi connectivity index (χ4n) is 2.98. The molecule has 0 unspecified atom stereocenters. The minimum absolute atomic E-state index is 0.0217. The van der Waals surface area contributed by atoms with E-state index in [1.54, 1.807) is 24.2 Å². The molecule has 4 rings (SSSR count). The lowest BCUT2D eigenvalue weighted by Crippen LogP contribution is -2.24. The molecule has 4 nitrogen and oxygen atoms in total. The molecule has 0 saturated heterocycles. The summed E-state index contributed by atoms with van der Waals surface area (Å²) in [5.74, 6) is -0.0217. The summed E-state index contributed by atoms with van der Waals surface area (Å²) in [5, 5.41) is 5.72. The first-order valence-electron chi connectivity index (χ1n) is 8.87. The average molecular weight is 408 g/mol. The molecular weight excluding hydrogens is 390 g/mol. The van der Waals surface area contributed by atoms with Crippen molar-refractivity contribution in [2.75, 3.05) is 0 Å². The number of nitrogens with one attached hydrogen (secondary N) is 2. The smallest absolute Gasteiger partial charge is 0.224 e. The molecule has 0 bridgehead atoms. The van der Waals surface area contributed by atoms with Gasteiger partial charge in [0, 0.05) is 45.3 Å². The van der Waals surface area contributed by atoms with E-state index in [1.165, 1.54) is 0 Å². The number of rotatable bonds is 6. The van der Waals surface area contributed by atoms with Crippen molar-refractivity contribution in [3.05, 3.63) is 89.2 Å². The van der Waals surface area contributed by atoms with Crippen molar-refractivity contribution < 1.29 is 4.79 Å². The van der Waals surface area contributed by atoms with Crippen LogP contribution in [0, 0.1) is 0 Å². The maximum Gasteiger partial charge on any atom is 0.224 e. The van der Waals surface area contributed by atoms with Crippen molar-refractivity contribution in [3.63, 3.8) is 0 Å². The van der Waals surface area contributed by atoms with Gasteiger partial charge in [-0.2, -0.15) is 0 Å². The summed E-state index contributed by atoms with van der Waals surface area (Å²) in [6.07, 6.45) is 3.78. The maximum atomic E-state index is 12.6. The number of pyridine rings is 1. The number of amides is 1. The lowest BCUT2D eigenvalue weighted by molar-refractivity contribution is -0.120. The fourth-order valence-corrected chi connectivity index (χ4v) is 4.09. The van der Waals surface area contributed by atoms with Gasteiger partial charge in [-0.3, -0.25) is 9.78 Å². The number of benzene rings is 2. The van der Waals surface area contributed by atoms with Crippen LogP contribution in [0.15, 0.2) is 83.0 Å². The van der Waals surface area contributed by atoms with Crippen molar-refractivity contribution in [3.8, 4) is 0 Å². The number of carbonyl (C=O) groups is 1. The monoisotopic (exact) mass is 407 g/mol. The van der Waals surface area contributed by atoms with E-state index in [4.69, 9.17) is 11.6 Å². The maximum absolute atomic E-state index is 12.6. The zero-order chi connectivity index (χ0) is 19.3. The molecule has 1 amide bonds. The molecule has 0 radical (unpaired) electrons. The number of aromatic nitrogens is 2. The van der Waals surface area contributed by atoms with Crippen LogP contribution < -0.4 is 5.32 Å². The van der Waals surface area contributed by atoms with E-state index in [1.807, 2.05) is 60.7 Å². The first-order chi connectivity index (χ1) is 13.7. The van der Waals surface area contributed by atoms with Gasteiger partial charge in [-0.25, -0.2) is 0 Å². The van der Waals surface area contributed by atoms with Crippen LogP contribution in [0.5, 0.6) is 0 Å². The van der Waals surface area contributed by atoms with Gasteiger partial charge >= 0.3 is 0 Å². The van der Waals surface area contributed by atoms with Gasteiger partial charge in [0.05, 0.1) is 11.4 Å². The molecule has 0 spiro atoms. The number of carbonyl (C=O) groups excluding carboxylic acids is 1. The highest BCUT2D eigenvalue weighted by molar-refractivity contribution is 7.99. The Bertz CT molecular complexity index is 1090. The molecule has 28 heavy (non-hydrogen) atoms. The van der Waals surface area contributed by atoms with Crippen LogP contribution in [0.2, 0.25) is 5.02 Å². The third-order valence-corrected chi connectivity index (χ3v) is 5.67. The van der Waals surface area contributed by atoms with Crippen LogP contribution in [0.25, 0.3) is 10.9 Å². The zero-order valence-corrected chi connectivity index (χ0v) is 16.6. The second-order valence-corrected chi connectivity index (χ2v) is 7.87. The Balaban J connectivity index is 1.56. The van der Waals surface area contributed by atoms with Gasteiger partial charge in [0.1, 0.15) is 0 Å². The standard InChI is InChI=1S/C22H18ClN3OS/c23-16-7-9-17(10-8-16)28-22-19(18-5-1-2-6-20(18)26-22)12-21(27)25-14-15-4-3-11-24-13-15/h1-11,13,26H,12,14H2,(H,25,27). The van der Waals surface area contributed by atoms with Crippen LogP contribution in [-0.2, 0) is 17.8 Å². The van der Waals surface area contributed by atoms with Crippen molar-refractivity contribution in [2.45, 2.75) is 22.9 Å². The third kappa shape index (κ3) is 4.38. The average Bonchev–Trinajstić information content (AvgIpc) is 3.06. The Morgan fingerprint density at radius 1 is 1.07 bits per heavy atom. The number of halogens is 1. The summed E-state index contributed by atoms with van der Waals surface area (Å²) in [4.78, 5) is 21.2. The Morgan fingerprint density at radius 2 is 1.89 bits per heavy atom. The van der Waals surface area contributed by atoms with E-state index in [-0.39, 0.29) is 5.91 Å². The summed E-state index contributed by atoms with van der Waals surface area (Å²) in [6.45, 7) is 0.467. The van der Waals surface area contributed by atoms with Crippen LogP contribution in [-0.4, -0.2) is 15.9 Å². The summed E-state index contributed by atoms with van der Waals surface area (Å²) < 4.78 is 0. The molecule has 6 heteroatoms. The first-order valence-corrected chi connectivity index (χ1v) is 10.1. The predicted octanol–water partition coefficient (Wildman–Crippen LogP) is 5.23. The number of nitrogens with zero attached hydrogens (tertiary/aromatic N) is 1. The first kappa shape index (κ1) is 18.6. The fraction of sp³-hybridized carbons (Fsp3) is 0.0909. The highest BCUT2D eigenvalue weighted by Crippen LogP contribution is 2.35. The Labute approximate surface area is 172 Å². The molecule has 0 fully saturated rings. The molecule has 0 aliphatic heterocycles. The number of H-pyrrole nitrogens is 1. The second-order valence-electron chi connectivity index (χ2n) is 6.35. The molecule has 0 atom stereocenters. The Morgan fingerprint density at radius 3 is 2.68 bits per heavy atom. The van der Waals surface area contributed by atoms with Gasteiger partial charge in [-0.05, 0) is 42.0 Å². The molecule has 2 aromatic heterocycles. The molecule has 2 N–H and O–H groups in total. The third-order valence-electron chi connectivity index (χ3n) is 4.36. The van der Waals surface area contributed by atoms with Gasteiger partial charge in [0.25, 0.3) is 0 Å². The van der Waals surface area contributed by atoms with E-state index in [0.29, 0.717) is 18.0 Å². The van der Waals surface area contributed by atoms with Gasteiger partial charge in [0.15, 0.2) is 0 Å². The van der Waals surface area contributed by atoms with Crippen LogP contribution >= 0.6 is 23.4 Å². The molecule has 140 valence electrons. The molecule has 2 aromatic carbocycles. The number of aromatic amines is 1. The van der Waals surface area contributed by atoms with Crippen LogP contribution in [0.4, 0.5) is 0 Å². The quantitative estimate of drug-likeness (QED) is 0.460. The Kier molecular flexibility index (Phi) is 5.65. The van der Waals surface area contributed by atoms with Crippen molar-refractivity contribution in [1.29, 1.82) is 0 Å². The highest BCUT2D eigenvalue weighted by Gasteiger charge is 2.16. The lowest BCUT2D eigenvalue weighted by Gasteiger charge is -2.07. The molecule has 4 aromatic rings. The van der Waals surface area contributed by atoms with Crippen molar-refractivity contribution in [2.24, 2.45) is 0 Å². The lowest BCUT2D eigenvalue weighted by atomic mass is 10.1. The molecule has 2 heterocycles. The Hall–Kier alpha value is -2.76. The van der Waals surface area contributed by atoms with Gasteiger partial charge in [-0.15, -0.1) is 0 Å². The van der Waals surface area contributed by atoms with Gasteiger partial charge in [-0.1, -0.05) is 47.6 Å². The minimum atomic E-state index is -0.0217. The molecule has 0 aliphatic rings.